The smallest absolute Gasteiger partial charge is 0.170 e. The van der Waals surface area contributed by atoms with Crippen molar-refractivity contribution >= 4 is 5.84 Å². The Bertz CT molecular complexity index is 501. The predicted molar refractivity (Wildman–Crippen MR) is 80.6 cm³/mol. The normalized spacial score (nSPS) is 16.0. The van der Waals surface area contributed by atoms with Crippen molar-refractivity contribution in [3.63, 3.8) is 0 Å². The van der Waals surface area contributed by atoms with E-state index in [1.165, 1.54) is 19.3 Å². The van der Waals surface area contributed by atoms with Gasteiger partial charge in [0.25, 0.3) is 0 Å². The first-order valence-electron chi connectivity index (χ1n) is 7.19. The first kappa shape index (κ1) is 15.6. The van der Waals surface area contributed by atoms with Crippen LogP contribution in [0.15, 0.2) is 23.4 Å². The summed E-state index contributed by atoms with van der Waals surface area (Å²) in [6.07, 6.45) is 3.58. The second-order valence-electron chi connectivity index (χ2n) is 5.29. The molecule has 116 valence electrons. The lowest BCUT2D eigenvalue weighted by Gasteiger charge is -2.37. The maximum Gasteiger partial charge on any atom is 0.170 e. The van der Waals surface area contributed by atoms with Crippen molar-refractivity contribution in [2.45, 2.75) is 31.8 Å². The fraction of sp³-hybridized carbons (Fsp3) is 0.533. The third-order valence-corrected chi connectivity index (χ3v) is 4.04. The summed E-state index contributed by atoms with van der Waals surface area (Å²) in [5, 5.41) is 21.1. The number of hydrogen-bond donors (Lipinski definition) is 3. The SMILES string of the molecule is COc1ccc(/C(N)=N/O)cc1CN(CCO)C1CCC1. The van der Waals surface area contributed by atoms with Crippen LogP contribution in [0.1, 0.15) is 30.4 Å². The molecule has 0 unspecified atom stereocenters. The molecule has 0 bridgehead atoms. The lowest BCUT2D eigenvalue weighted by Crippen LogP contribution is -2.41. The van der Waals surface area contributed by atoms with Gasteiger partial charge in [-0.05, 0) is 31.0 Å². The molecule has 0 spiro atoms. The number of nitrogens with two attached hydrogens (primary N) is 1. The molecule has 0 aliphatic heterocycles. The standard InChI is InChI=1S/C15H23N3O3/c1-21-14-6-5-11(15(16)17-20)9-12(14)10-18(7-8-19)13-3-2-4-13/h5-6,9,13,19-20H,2-4,7-8,10H2,1H3,(H2,16,17). The Hall–Kier alpha value is -1.79. The summed E-state index contributed by atoms with van der Waals surface area (Å²) in [5.74, 6) is 0.850. The summed E-state index contributed by atoms with van der Waals surface area (Å²) >= 11 is 0. The molecular formula is C15H23N3O3. The fourth-order valence-corrected chi connectivity index (χ4v) is 2.61. The third kappa shape index (κ3) is 3.65. The van der Waals surface area contributed by atoms with Gasteiger partial charge in [0, 0.05) is 30.3 Å². The lowest BCUT2D eigenvalue weighted by atomic mass is 9.91. The van der Waals surface area contributed by atoms with E-state index >= 15 is 0 Å². The average Bonchev–Trinajstić information content (AvgIpc) is 2.44. The summed E-state index contributed by atoms with van der Waals surface area (Å²) in [7, 11) is 1.63. The zero-order valence-corrected chi connectivity index (χ0v) is 12.3. The maximum absolute atomic E-state index is 9.25. The summed E-state index contributed by atoms with van der Waals surface area (Å²) in [5.41, 5.74) is 7.28. The monoisotopic (exact) mass is 293 g/mol. The van der Waals surface area contributed by atoms with E-state index in [2.05, 4.69) is 10.1 Å². The average molecular weight is 293 g/mol. The summed E-state index contributed by atoms with van der Waals surface area (Å²) in [6, 6.07) is 5.98. The molecule has 0 saturated heterocycles. The minimum absolute atomic E-state index is 0.0799. The van der Waals surface area contributed by atoms with Crippen LogP contribution in [0.4, 0.5) is 0 Å². The number of aliphatic hydroxyl groups is 1. The number of amidine groups is 1. The van der Waals surface area contributed by atoms with Gasteiger partial charge in [0.05, 0.1) is 13.7 Å². The second-order valence-corrected chi connectivity index (χ2v) is 5.29. The highest BCUT2D eigenvalue weighted by Gasteiger charge is 2.25. The topological polar surface area (TPSA) is 91.3 Å². The fourth-order valence-electron chi connectivity index (χ4n) is 2.61. The molecule has 21 heavy (non-hydrogen) atoms. The van der Waals surface area contributed by atoms with Gasteiger partial charge in [-0.15, -0.1) is 0 Å². The third-order valence-electron chi connectivity index (χ3n) is 4.04. The van der Waals surface area contributed by atoms with Gasteiger partial charge in [-0.1, -0.05) is 11.6 Å². The summed E-state index contributed by atoms with van der Waals surface area (Å²) < 4.78 is 5.39. The van der Waals surface area contributed by atoms with E-state index in [9.17, 15) is 5.11 Å². The van der Waals surface area contributed by atoms with Gasteiger partial charge in [0.1, 0.15) is 5.75 Å². The van der Waals surface area contributed by atoms with Crippen LogP contribution in [-0.2, 0) is 6.54 Å². The Balaban J connectivity index is 2.22. The molecule has 6 heteroatoms. The number of hydrogen-bond acceptors (Lipinski definition) is 5. The molecule has 0 atom stereocenters. The molecule has 1 aliphatic rings. The van der Waals surface area contributed by atoms with Crippen LogP contribution in [0.25, 0.3) is 0 Å². The van der Waals surface area contributed by atoms with Gasteiger partial charge >= 0.3 is 0 Å². The molecular weight excluding hydrogens is 270 g/mol. The minimum Gasteiger partial charge on any atom is -0.496 e. The van der Waals surface area contributed by atoms with Crippen LogP contribution < -0.4 is 10.5 Å². The van der Waals surface area contributed by atoms with Gasteiger partial charge in [-0.25, -0.2) is 0 Å². The maximum atomic E-state index is 9.25. The molecule has 1 aromatic rings. The Morgan fingerprint density at radius 1 is 1.48 bits per heavy atom. The van der Waals surface area contributed by atoms with E-state index < -0.39 is 0 Å². The van der Waals surface area contributed by atoms with Crippen molar-refractivity contribution in [1.82, 2.24) is 4.90 Å². The predicted octanol–water partition coefficient (Wildman–Crippen LogP) is 1.14. The van der Waals surface area contributed by atoms with Crippen molar-refractivity contribution in [3.05, 3.63) is 29.3 Å². The van der Waals surface area contributed by atoms with Gasteiger partial charge in [-0.3, -0.25) is 4.90 Å². The van der Waals surface area contributed by atoms with Crippen LogP contribution in [0.3, 0.4) is 0 Å². The van der Waals surface area contributed by atoms with Crippen LogP contribution in [0, 0.1) is 0 Å². The highest BCUT2D eigenvalue weighted by Crippen LogP contribution is 2.28. The van der Waals surface area contributed by atoms with E-state index in [0.29, 0.717) is 24.7 Å². The Morgan fingerprint density at radius 2 is 2.24 bits per heavy atom. The minimum atomic E-state index is 0.0799. The van der Waals surface area contributed by atoms with Crippen LogP contribution in [-0.4, -0.2) is 47.4 Å². The number of ether oxygens (including phenoxy) is 1. The zero-order chi connectivity index (χ0) is 15.2. The molecule has 1 aliphatic carbocycles. The highest BCUT2D eigenvalue weighted by molar-refractivity contribution is 5.97. The Kier molecular flexibility index (Phi) is 5.41. The van der Waals surface area contributed by atoms with E-state index in [1.54, 1.807) is 13.2 Å². The largest absolute Gasteiger partial charge is 0.496 e. The molecule has 0 amide bonds. The zero-order valence-electron chi connectivity index (χ0n) is 12.3. The van der Waals surface area contributed by atoms with Gasteiger partial charge in [-0.2, -0.15) is 0 Å². The van der Waals surface area contributed by atoms with Crippen molar-refractivity contribution < 1.29 is 15.1 Å². The number of oxime groups is 1. The molecule has 0 radical (unpaired) electrons. The Labute approximate surface area is 124 Å². The number of methoxy groups -OCH3 is 1. The van der Waals surface area contributed by atoms with E-state index in [0.717, 1.165) is 11.3 Å². The Morgan fingerprint density at radius 3 is 2.76 bits per heavy atom. The molecule has 1 saturated carbocycles. The van der Waals surface area contributed by atoms with E-state index in [-0.39, 0.29) is 12.4 Å². The molecule has 0 heterocycles. The van der Waals surface area contributed by atoms with Gasteiger partial charge in [0.15, 0.2) is 5.84 Å². The molecule has 0 aromatic heterocycles. The highest BCUT2D eigenvalue weighted by atomic mass is 16.5. The number of benzene rings is 1. The molecule has 6 nitrogen and oxygen atoms in total. The van der Waals surface area contributed by atoms with Crippen molar-refractivity contribution in [1.29, 1.82) is 0 Å². The molecule has 1 fully saturated rings. The van der Waals surface area contributed by atoms with Gasteiger partial charge in [0.2, 0.25) is 0 Å². The quantitative estimate of drug-likeness (QED) is 0.303. The van der Waals surface area contributed by atoms with Crippen molar-refractivity contribution in [3.8, 4) is 5.75 Å². The van der Waals surface area contributed by atoms with Crippen molar-refractivity contribution in [2.24, 2.45) is 10.9 Å². The molecule has 2 rings (SSSR count). The first-order chi connectivity index (χ1) is 10.2. The van der Waals surface area contributed by atoms with Crippen LogP contribution >= 0.6 is 0 Å². The summed E-state index contributed by atoms with van der Waals surface area (Å²) in [6.45, 7) is 1.46. The van der Waals surface area contributed by atoms with E-state index in [1.807, 2.05) is 12.1 Å². The molecule has 1 aromatic carbocycles. The first-order valence-corrected chi connectivity index (χ1v) is 7.19. The number of aliphatic hydroxyl groups excluding tert-OH is 1. The van der Waals surface area contributed by atoms with Crippen molar-refractivity contribution in [2.75, 3.05) is 20.3 Å². The number of nitrogens with zero attached hydrogens (tertiary/aromatic N) is 2. The number of rotatable bonds is 7. The van der Waals surface area contributed by atoms with Gasteiger partial charge < -0.3 is 20.8 Å². The van der Waals surface area contributed by atoms with Crippen LogP contribution in [0.2, 0.25) is 0 Å². The van der Waals surface area contributed by atoms with Crippen LogP contribution in [0.5, 0.6) is 5.75 Å². The van der Waals surface area contributed by atoms with E-state index in [4.69, 9.17) is 15.7 Å². The lowest BCUT2D eigenvalue weighted by molar-refractivity contribution is 0.0937. The second kappa shape index (κ2) is 7.28. The molecule has 4 N–H and O–H groups in total. The summed E-state index contributed by atoms with van der Waals surface area (Å²) in [4.78, 5) is 2.26.